The van der Waals surface area contributed by atoms with Crippen LogP contribution in [0.3, 0.4) is 0 Å². The van der Waals surface area contributed by atoms with Crippen molar-refractivity contribution in [3.05, 3.63) is 150 Å². The summed E-state index contributed by atoms with van der Waals surface area (Å²) in [5.74, 6) is 0. The highest BCUT2D eigenvalue weighted by atomic mass is 15.2. The van der Waals surface area contributed by atoms with E-state index in [9.17, 15) is 0 Å². The second-order valence-corrected chi connectivity index (χ2v) is 13.5. The van der Waals surface area contributed by atoms with Gasteiger partial charge in [0.25, 0.3) is 0 Å². The van der Waals surface area contributed by atoms with E-state index in [-0.39, 0.29) is 10.8 Å². The molecule has 0 saturated carbocycles. The largest absolute Gasteiger partial charge is 0.309 e. The summed E-state index contributed by atoms with van der Waals surface area (Å²) in [7, 11) is 0. The summed E-state index contributed by atoms with van der Waals surface area (Å²) in [6.45, 7) is 9.49. The number of pyridine rings is 2. The Hall–Kier alpha value is -5.28. The summed E-state index contributed by atoms with van der Waals surface area (Å²) < 4.78 is 0. The number of para-hydroxylation sites is 3. The third-order valence-corrected chi connectivity index (χ3v) is 10.2. The predicted octanol–water partition coefficient (Wildman–Crippen LogP) is 10.9. The van der Waals surface area contributed by atoms with Gasteiger partial charge in [0.05, 0.1) is 39.5 Å². The minimum absolute atomic E-state index is 0.188. The van der Waals surface area contributed by atoms with Crippen molar-refractivity contribution in [2.24, 2.45) is 0 Å². The Bertz CT molecular complexity index is 2350. The molecule has 5 aromatic carbocycles. The molecule has 0 aliphatic carbocycles. The molecule has 2 aliphatic heterocycles. The van der Waals surface area contributed by atoms with Crippen LogP contribution in [0, 0.1) is 0 Å². The lowest BCUT2D eigenvalue weighted by Crippen LogP contribution is -2.38. The van der Waals surface area contributed by atoms with Crippen LogP contribution in [-0.4, -0.2) is 9.97 Å². The maximum atomic E-state index is 5.15. The Morgan fingerprint density at radius 2 is 0.956 bits per heavy atom. The Morgan fingerprint density at radius 1 is 0.444 bits per heavy atom. The molecule has 216 valence electrons. The van der Waals surface area contributed by atoms with Gasteiger partial charge in [0.1, 0.15) is 0 Å². The fourth-order valence-electron chi connectivity index (χ4n) is 7.68. The maximum absolute atomic E-state index is 5.15. The SMILES string of the molecule is CC1(C)c2ccccc2N2c3ccc(-c4ccc5ccccc5n4)cc3C(C)(C)c3cc(-c4ccc5ccccc5n4)cc1c32. The van der Waals surface area contributed by atoms with Gasteiger partial charge in [-0.3, -0.25) is 0 Å². The summed E-state index contributed by atoms with van der Waals surface area (Å²) in [6, 6.07) is 46.0. The summed E-state index contributed by atoms with van der Waals surface area (Å²) >= 11 is 0. The van der Waals surface area contributed by atoms with Crippen molar-refractivity contribution in [2.75, 3.05) is 4.90 Å². The van der Waals surface area contributed by atoms with Gasteiger partial charge < -0.3 is 4.90 Å². The molecule has 0 amide bonds. The monoisotopic (exact) mass is 579 g/mol. The van der Waals surface area contributed by atoms with E-state index >= 15 is 0 Å². The van der Waals surface area contributed by atoms with Crippen LogP contribution in [0.5, 0.6) is 0 Å². The molecule has 0 N–H and O–H groups in total. The minimum atomic E-state index is -0.266. The van der Waals surface area contributed by atoms with E-state index in [0.29, 0.717) is 0 Å². The first-order valence-corrected chi connectivity index (χ1v) is 15.8. The zero-order chi connectivity index (χ0) is 30.5. The van der Waals surface area contributed by atoms with E-state index in [0.717, 1.165) is 44.3 Å². The fourth-order valence-corrected chi connectivity index (χ4v) is 7.68. The third-order valence-electron chi connectivity index (χ3n) is 10.2. The van der Waals surface area contributed by atoms with E-state index < -0.39 is 0 Å². The summed E-state index contributed by atoms with van der Waals surface area (Å²) in [4.78, 5) is 12.7. The van der Waals surface area contributed by atoms with Crippen molar-refractivity contribution < 1.29 is 0 Å². The lowest BCUT2D eigenvalue weighted by molar-refractivity contribution is 0.598. The number of hydrogen-bond acceptors (Lipinski definition) is 3. The van der Waals surface area contributed by atoms with Gasteiger partial charge in [-0.25, -0.2) is 9.97 Å². The Labute approximate surface area is 263 Å². The number of fused-ring (bicyclic) bond motifs is 6. The predicted molar refractivity (Wildman–Crippen MR) is 187 cm³/mol. The van der Waals surface area contributed by atoms with Crippen LogP contribution < -0.4 is 4.90 Å². The van der Waals surface area contributed by atoms with Gasteiger partial charge in [-0.15, -0.1) is 0 Å². The van der Waals surface area contributed by atoms with Crippen LogP contribution in [0.4, 0.5) is 17.1 Å². The number of anilines is 3. The molecule has 0 unspecified atom stereocenters. The van der Waals surface area contributed by atoms with E-state index in [2.05, 4.69) is 160 Å². The van der Waals surface area contributed by atoms with Gasteiger partial charge in [0.15, 0.2) is 0 Å². The lowest BCUT2D eigenvalue weighted by atomic mass is 9.65. The average Bonchev–Trinajstić information content (AvgIpc) is 3.07. The molecule has 2 aliphatic rings. The highest BCUT2D eigenvalue weighted by Gasteiger charge is 2.45. The quantitative estimate of drug-likeness (QED) is 0.204. The van der Waals surface area contributed by atoms with Crippen molar-refractivity contribution >= 4 is 38.9 Å². The zero-order valence-corrected chi connectivity index (χ0v) is 26.0. The lowest BCUT2D eigenvalue weighted by Gasteiger charge is -2.49. The van der Waals surface area contributed by atoms with E-state index in [4.69, 9.17) is 9.97 Å². The molecule has 45 heavy (non-hydrogen) atoms. The van der Waals surface area contributed by atoms with E-state index in [1.165, 1.54) is 39.3 Å². The minimum Gasteiger partial charge on any atom is -0.309 e. The van der Waals surface area contributed by atoms with Crippen LogP contribution in [0.2, 0.25) is 0 Å². The number of nitrogens with zero attached hydrogens (tertiary/aromatic N) is 3. The first-order valence-electron chi connectivity index (χ1n) is 15.8. The van der Waals surface area contributed by atoms with Crippen LogP contribution in [0.25, 0.3) is 44.3 Å². The standard InChI is InChI=1S/C42H33N3/c1-41(2)30-13-7-10-16-38(30)45-39-22-19-28(36-20-17-26-11-5-8-14-34(26)43-36)23-31(39)42(3,4)33-25-29(24-32(41)40(33)45)37-21-18-27-12-6-9-15-35(27)44-37/h5-25H,1-4H3. The molecule has 0 atom stereocenters. The summed E-state index contributed by atoms with van der Waals surface area (Å²) in [5.41, 5.74) is 14.9. The van der Waals surface area contributed by atoms with Gasteiger partial charge >= 0.3 is 0 Å². The molecular weight excluding hydrogens is 546 g/mol. The molecule has 0 spiro atoms. The van der Waals surface area contributed by atoms with Gasteiger partial charge in [0, 0.05) is 32.7 Å². The van der Waals surface area contributed by atoms with Crippen LogP contribution in [0.15, 0.2) is 127 Å². The van der Waals surface area contributed by atoms with Gasteiger partial charge in [-0.1, -0.05) is 100 Å². The maximum Gasteiger partial charge on any atom is 0.0709 e. The molecule has 7 aromatic rings. The van der Waals surface area contributed by atoms with Crippen molar-refractivity contribution in [3.63, 3.8) is 0 Å². The molecule has 4 heterocycles. The van der Waals surface area contributed by atoms with E-state index in [1.807, 2.05) is 0 Å². The first-order chi connectivity index (χ1) is 21.8. The number of rotatable bonds is 2. The number of aromatic nitrogens is 2. The third kappa shape index (κ3) is 3.70. The Balaban J connectivity index is 1.31. The molecule has 0 fully saturated rings. The second kappa shape index (κ2) is 9.12. The van der Waals surface area contributed by atoms with Crippen molar-refractivity contribution in [2.45, 2.75) is 38.5 Å². The number of hydrogen-bond donors (Lipinski definition) is 0. The van der Waals surface area contributed by atoms with Gasteiger partial charge in [0.2, 0.25) is 0 Å². The topological polar surface area (TPSA) is 29.0 Å². The van der Waals surface area contributed by atoms with Gasteiger partial charge in [-0.05, 0) is 76.9 Å². The Kier molecular flexibility index (Phi) is 5.30. The smallest absolute Gasteiger partial charge is 0.0709 e. The zero-order valence-electron chi connectivity index (χ0n) is 26.0. The molecule has 2 aromatic heterocycles. The van der Waals surface area contributed by atoms with Crippen LogP contribution >= 0.6 is 0 Å². The first kappa shape index (κ1) is 26.2. The fraction of sp³-hybridized carbons (Fsp3) is 0.143. The normalized spacial score (nSPS) is 15.4. The van der Waals surface area contributed by atoms with Crippen molar-refractivity contribution in [3.8, 4) is 22.5 Å². The summed E-state index contributed by atoms with van der Waals surface area (Å²) in [6.07, 6.45) is 0. The summed E-state index contributed by atoms with van der Waals surface area (Å²) in [5, 5.41) is 2.31. The van der Waals surface area contributed by atoms with Crippen molar-refractivity contribution in [1.29, 1.82) is 0 Å². The number of benzene rings is 5. The molecule has 3 heteroatoms. The van der Waals surface area contributed by atoms with Crippen molar-refractivity contribution in [1.82, 2.24) is 9.97 Å². The van der Waals surface area contributed by atoms with Gasteiger partial charge in [-0.2, -0.15) is 0 Å². The molecule has 3 nitrogen and oxygen atoms in total. The highest BCUT2D eigenvalue weighted by Crippen LogP contribution is 2.61. The van der Waals surface area contributed by atoms with Crippen LogP contribution in [0.1, 0.15) is 49.9 Å². The molecular formula is C42H33N3. The molecule has 0 bridgehead atoms. The molecule has 0 radical (unpaired) electrons. The van der Waals surface area contributed by atoms with E-state index in [1.54, 1.807) is 0 Å². The molecule has 9 rings (SSSR count). The Morgan fingerprint density at radius 3 is 1.62 bits per heavy atom. The second-order valence-electron chi connectivity index (χ2n) is 13.5. The highest BCUT2D eigenvalue weighted by molar-refractivity contribution is 5.95. The molecule has 0 saturated heterocycles. The average molecular weight is 580 g/mol. The van der Waals surface area contributed by atoms with Crippen LogP contribution in [-0.2, 0) is 10.8 Å².